The normalized spacial score (nSPS) is 16.9. The summed E-state index contributed by atoms with van der Waals surface area (Å²) in [5, 5.41) is 0. The van der Waals surface area contributed by atoms with E-state index in [1.807, 2.05) is 4.90 Å². The van der Waals surface area contributed by atoms with Crippen LogP contribution in [0.1, 0.15) is 32.4 Å². The van der Waals surface area contributed by atoms with Crippen LogP contribution in [0.4, 0.5) is 8.78 Å². The van der Waals surface area contributed by atoms with Crippen molar-refractivity contribution in [1.29, 1.82) is 0 Å². The second kappa shape index (κ2) is 7.88. The molecule has 0 saturated carbocycles. The highest BCUT2D eigenvalue weighted by atomic mass is 19.1. The number of ether oxygens (including phenoxy) is 1. The van der Waals surface area contributed by atoms with Crippen LogP contribution in [0, 0.1) is 11.7 Å². The van der Waals surface area contributed by atoms with Crippen molar-refractivity contribution in [2.45, 2.75) is 39.4 Å². The summed E-state index contributed by atoms with van der Waals surface area (Å²) in [6, 6.07) is 0.319. The zero-order valence-electron chi connectivity index (χ0n) is 14.3. The lowest BCUT2D eigenvalue weighted by Crippen LogP contribution is -2.49. The molecule has 1 aliphatic rings. The maximum absolute atomic E-state index is 14.0. The maximum atomic E-state index is 14.0. The lowest BCUT2D eigenvalue weighted by molar-refractivity contribution is -0.148. The predicted octanol–water partition coefficient (Wildman–Crippen LogP) is 1.94. The van der Waals surface area contributed by atoms with Gasteiger partial charge < -0.3 is 4.74 Å². The van der Waals surface area contributed by atoms with Crippen LogP contribution >= 0.6 is 0 Å². The van der Waals surface area contributed by atoms with Crippen molar-refractivity contribution in [1.82, 2.24) is 9.47 Å². The Morgan fingerprint density at radius 1 is 1.42 bits per heavy atom. The maximum Gasteiger partial charge on any atom is 0.329 e. The smallest absolute Gasteiger partial charge is 0.329 e. The molecule has 1 atom stereocenters. The summed E-state index contributed by atoms with van der Waals surface area (Å²) in [6.07, 6.45) is 1.21. The molecule has 134 valence electrons. The fourth-order valence-corrected chi connectivity index (χ4v) is 2.88. The summed E-state index contributed by atoms with van der Waals surface area (Å²) >= 11 is 0. The standard InChI is InChI=1S/C17H24F2N2O3/c1-4-24-17(23)15(11(2)3)21-8-12(7-14(19)16(21)22)5-6-20-9-13(18)10-20/h7-8,11,13,15H,4-6,9-10H2,1-3H3. The fraction of sp³-hybridized carbons (Fsp3) is 0.647. The third kappa shape index (κ3) is 4.20. The van der Waals surface area contributed by atoms with Gasteiger partial charge in [0.05, 0.1) is 6.61 Å². The van der Waals surface area contributed by atoms with Crippen LogP contribution in [0.2, 0.25) is 0 Å². The van der Waals surface area contributed by atoms with E-state index in [1.165, 1.54) is 12.3 Å². The number of halogens is 2. The largest absolute Gasteiger partial charge is 0.464 e. The molecule has 1 aliphatic heterocycles. The van der Waals surface area contributed by atoms with Crippen molar-refractivity contribution in [3.05, 3.63) is 34.0 Å². The molecule has 1 saturated heterocycles. The Hall–Kier alpha value is -1.76. The van der Waals surface area contributed by atoms with Crippen LogP contribution in [-0.2, 0) is 16.0 Å². The first-order valence-electron chi connectivity index (χ1n) is 8.27. The molecule has 1 aromatic rings. The third-order valence-corrected chi connectivity index (χ3v) is 4.14. The van der Waals surface area contributed by atoms with Crippen LogP contribution in [-0.4, -0.2) is 47.8 Å². The van der Waals surface area contributed by atoms with Crippen molar-refractivity contribution in [3.63, 3.8) is 0 Å². The van der Waals surface area contributed by atoms with Gasteiger partial charge >= 0.3 is 5.97 Å². The van der Waals surface area contributed by atoms with Crippen LogP contribution in [0.3, 0.4) is 0 Å². The van der Waals surface area contributed by atoms with Crippen LogP contribution in [0.5, 0.6) is 0 Å². The number of carbonyl (C=O) groups excluding carboxylic acids is 1. The molecule has 0 bridgehead atoms. The van der Waals surface area contributed by atoms with Gasteiger partial charge in [0.1, 0.15) is 12.2 Å². The molecular weight excluding hydrogens is 318 g/mol. The first-order valence-corrected chi connectivity index (χ1v) is 8.27. The summed E-state index contributed by atoms with van der Waals surface area (Å²) in [7, 11) is 0. The number of rotatable bonds is 7. The molecule has 0 N–H and O–H groups in total. The van der Waals surface area contributed by atoms with Gasteiger partial charge in [-0.05, 0) is 30.9 Å². The van der Waals surface area contributed by atoms with E-state index in [0.29, 0.717) is 31.6 Å². The molecule has 0 aliphatic carbocycles. The number of hydrogen-bond donors (Lipinski definition) is 0. The number of aromatic nitrogens is 1. The van der Waals surface area contributed by atoms with E-state index >= 15 is 0 Å². The number of pyridine rings is 1. The second-order valence-electron chi connectivity index (χ2n) is 6.46. The van der Waals surface area contributed by atoms with Gasteiger partial charge in [-0.3, -0.25) is 14.3 Å². The average Bonchev–Trinajstić information content (AvgIpc) is 2.47. The second-order valence-corrected chi connectivity index (χ2v) is 6.46. The fourth-order valence-electron chi connectivity index (χ4n) is 2.88. The van der Waals surface area contributed by atoms with Crippen molar-refractivity contribution >= 4 is 5.97 Å². The van der Waals surface area contributed by atoms with Gasteiger partial charge in [-0.15, -0.1) is 0 Å². The lowest BCUT2D eigenvalue weighted by Gasteiger charge is -2.34. The number of nitrogens with zero attached hydrogens (tertiary/aromatic N) is 2. The van der Waals surface area contributed by atoms with Crippen molar-refractivity contribution in [2.75, 3.05) is 26.2 Å². The first kappa shape index (κ1) is 18.6. The zero-order chi connectivity index (χ0) is 17.9. The highest BCUT2D eigenvalue weighted by Gasteiger charge is 2.28. The highest BCUT2D eigenvalue weighted by Crippen LogP contribution is 2.19. The number of carbonyl (C=O) groups is 1. The van der Waals surface area contributed by atoms with Gasteiger partial charge in [-0.2, -0.15) is 0 Å². The van der Waals surface area contributed by atoms with E-state index in [9.17, 15) is 18.4 Å². The van der Waals surface area contributed by atoms with E-state index in [1.54, 1.807) is 20.8 Å². The minimum Gasteiger partial charge on any atom is -0.464 e. The molecule has 0 amide bonds. The number of hydrogen-bond acceptors (Lipinski definition) is 4. The summed E-state index contributed by atoms with van der Waals surface area (Å²) in [5.74, 6) is -1.66. The predicted molar refractivity (Wildman–Crippen MR) is 86.2 cm³/mol. The van der Waals surface area contributed by atoms with Gasteiger partial charge in [0.25, 0.3) is 5.56 Å². The van der Waals surface area contributed by atoms with Gasteiger partial charge in [-0.25, -0.2) is 13.6 Å². The molecule has 0 aromatic carbocycles. The minimum atomic E-state index is -0.894. The topological polar surface area (TPSA) is 51.5 Å². The van der Waals surface area contributed by atoms with Crippen molar-refractivity contribution in [3.8, 4) is 0 Å². The molecule has 2 heterocycles. The summed E-state index contributed by atoms with van der Waals surface area (Å²) in [5.41, 5.74) is -0.234. The Bertz CT molecular complexity index is 639. The zero-order valence-corrected chi connectivity index (χ0v) is 14.3. The third-order valence-electron chi connectivity index (χ3n) is 4.14. The monoisotopic (exact) mass is 342 g/mol. The number of esters is 1. The van der Waals surface area contributed by atoms with E-state index in [0.717, 1.165) is 4.57 Å². The average molecular weight is 342 g/mol. The Balaban J connectivity index is 2.23. The Labute approximate surface area is 140 Å². The first-order chi connectivity index (χ1) is 11.3. The molecule has 1 fully saturated rings. The van der Waals surface area contributed by atoms with E-state index in [2.05, 4.69) is 0 Å². The molecule has 7 heteroatoms. The van der Waals surface area contributed by atoms with E-state index in [4.69, 9.17) is 4.74 Å². The molecule has 24 heavy (non-hydrogen) atoms. The molecule has 1 aromatic heterocycles. The molecular formula is C17H24F2N2O3. The van der Waals surface area contributed by atoms with Crippen molar-refractivity contribution in [2.24, 2.45) is 5.92 Å². The lowest BCUT2D eigenvalue weighted by atomic mass is 10.0. The van der Waals surface area contributed by atoms with Crippen molar-refractivity contribution < 1.29 is 18.3 Å². The molecule has 2 rings (SSSR count). The summed E-state index contributed by atoms with van der Waals surface area (Å²) in [6.45, 7) is 6.79. The SMILES string of the molecule is CCOC(=O)C(C(C)C)n1cc(CCN2CC(F)C2)cc(F)c1=O. The summed E-state index contributed by atoms with van der Waals surface area (Å²) in [4.78, 5) is 26.2. The van der Waals surface area contributed by atoms with Crippen LogP contribution in [0.15, 0.2) is 17.1 Å². The number of likely N-dealkylation sites (tertiary alicyclic amines) is 1. The Kier molecular flexibility index (Phi) is 6.10. The van der Waals surface area contributed by atoms with E-state index in [-0.39, 0.29) is 12.5 Å². The summed E-state index contributed by atoms with van der Waals surface area (Å²) < 4.78 is 33.0. The van der Waals surface area contributed by atoms with Gasteiger partial charge in [0, 0.05) is 25.8 Å². The molecule has 1 unspecified atom stereocenters. The minimum absolute atomic E-state index is 0.193. The van der Waals surface area contributed by atoms with Gasteiger partial charge in [0.2, 0.25) is 0 Å². The van der Waals surface area contributed by atoms with Crippen LogP contribution in [0.25, 0.3) is 0 Å². The molecule has 5 nitrogen and oxygen atoms in total. The van der Waals surface area contributed by atoms with Gasteiger partial charge in [-0.1, -0.05) is 13.8 Å². The van der Waals surface area contributed by atoms with Gasteiger partial charge in [0.15, 0.2) is 5.82 Å². The molecule has 0 radical (unpaired) electrons. The quantitative estimate of drug-likeness (QED) is 0.711. The van der Waals surface area contributed by atoms with E-state index < -0.39 is 29.6 Å². The Morgan fingerprint density at radius 3 is 2.62 bits per heavy atom. The molecule has 0 spiro atoms. The Morgan fingerprint density at radius 2 is 2.08 bits per heavy atom. The number of alkyl halides is 1. The highest BCUT2D eigenvalue weighted by molar-refractivity contribution is 5.74. The van der Waals surface area contributed by atoms with Crippen LogP contribution < -0.4 is 5.56 Å².